The van der Waals surface area contributed by atoms with Crippen molar-refractivity contribution in [1.29, 1.82) is 0 Å². The Morgan fingerprint density at radius 1 is 1.21 bits per heavy atom. The zero-order valence-corrected chi connectivity index (χ0v) is 20.0. The molecule has 3 rings (SSSR count). The summed E-state index contributed by atoms with van der Waals surface area (Å²) in [5.41, 5.74) is 1.97. The summed E-state index contributed by atoms with van der Waals surface area (Å²) in [4.78, 5) is 9.38. The third-order valence-electron chi connectivity index (χ3n) is 3.95. The minimum absolute atomic E-state index is 0. The molecule has 1 aliphatic rings. The number of hydrogen-bond acceptors (Lipinski definition) is 5. The standard InChI is InChI=1S/C20H28N4O2S.HI/c1-5-21-19(22-12-15-13-27-18(23-15)20(2,3)4)24-14-7-8-16-17(11-14)26-10-6-9-25-16;/h7-8,11,13H,5-6,9-10,12H2,1-4H3,(H2,21,22,24);1H. The van der Waals surface area contributed by atoms with Crippen molar-refractivity contribution in [3.8, 4) is 11.5 Å². The molecule has 8 heteroatoms. The van der Waals surface area contributed by atoms with Crippen molar-refractivity contribution in [2.45, 2.75) is 46.1 Å². The van der Waals surface area contributed by atoms with Crippen LogP contribution in [-0.4, -0.2) is 30.7 Å². The number of aromatic nitrogens is 1. The van der Waals surface area contributed by atoms with E-state index >= 15 is 0 Å². The maximum Gasteiger partial charge on any atom is 0.196 e. The summed E-state index contributed by atoms with van der Waals surface area (Å²) in [5, 5.41) is 9.83. The minimum atomic E-state index is 0. The molecule has 0 radical (unpaired) electrons. The number of nitrogens with one attached hydrogen (secondary N) is 2. The molecule has 0 bridgehead atoms. The fourth-order valence-electron chi connectivity index (χ4n) is 2.57. The first-order valence-corrected chi connectivity index (χ1v) is 10.2. The molecule has 0 saturated carbocycles. The molecule has 1 aliphatic heterocycles. The number of aliphatic imine (C=N–C) groups is 1. The number of fused-ring (bicyclic) bond motifs is 1. The van der Waals surface area contributed by atoms with Gasteiger partial charge in [-0.05, 0) is 19.1 Å². The van der Waals surface area contributed by atoms with Gasteiger partial charge in [-0.2, -0.15) is 0 Å². The molecule has 0 aliphatic carbocycles. The van der Waals surface area contributed by atoms with Crippen molar-refractivity contribution in [3.05, 3.63) is 34.3 Å². The number of halogens is 1. The highest BCUT2D eigenvalue weighted by Gasteiger charge is 2.18. The molecular formula is C20H29IN4O2S. The second-order valence-electron chi connectivity index (χ2n) is 7.43. The summed E-state index contributed by atoms with van der Waals surface area (Å²) >= 11 is 1.69. The van der Waals surface area contributed by atoms with E-state index in [1.54, 1.807) is 11.3 Å². The Hall–Kier alpha value is -1.55. The SMILES string of the molecule is CCNC(=NCc1csc(C(C)(C)C)n1)Nc1ccc2c(c1)OCCCO2.I. The lowest BCUT2D eigenvalue weighted by molar-refractivity contribution is 0.297. The molecule has 154 valence electrons. The highest BCUT2D eigenvalue weighted by Crippen LogP contribution is 2.32. The third-order valence-corrected chi connectivity index (χ3v) is 5.26. The Labute approximate surface area is 188 Å². The van der Waals surface area contributed by atoms with Crippen LogP contribution < -0.4 is 20.1 Å². The van der Waals surface area contributed by atoms with Crippen LogP contribution in [0.4, 0.5) is 5.69 Å². The van der Waals surface area contributed by atoms with Crippen LogP contribution in [0.25, 0.3) is 0 Å². The van der Waals surface area contributed by atoms with Crippen LogP contribution in [0.3, 0.4) is 0 Å². The monoisotopic (exact) mass is 516 g/mol. The van der Waals surface area contributed by atoms with Gasteiger partial charge in [0.1, 0.15) is 0 Å². The maximum absolute atomic E-state index is 5.76. The van der Waals surface area contributed by atoms with Gasteiger partial charge in [0.15, 0.2) is 17.5 Å². The Bertz CT molecular complexity index is 802. The van der Waals surface area contributed by atoms with Crippen LogP contribution in [0.15, 0.2) is 28.6 Å². The molecule has 1 aromatic carbocycles. The molecule has 0 saturated heterocycles. The number of rotatable bonds is 4. The molecule has 0 atom stereocenters. The molecule has 2 heterocycles. The van der Waals surface area contributed by atoms with Crippen molar-refractivity contribution >= 4 is 47.0 Å². The summed E-state index contributed by atoms with van der Waals surface area (Å²) in [6.45, 7) is 11.2. The van der Waals surface area contributed by atoms with Crippen molar-refractivity contribution in [3.63, 3.8) is 0 Å². The van der Waals surface area contributed by atoms with Gasteiger partial charge in [0, 0.05) is 35.5 Å². The second-order valence-corrected chi connectivity index (χ2v) is 8.28. The van der Waals surface area contributed by atoms with E-state index in [2.05, 4.69) is 41.8 Å². The van der Waals surface area contributed by atoms with Gasteiger partial charge in [-0.3, -0.25) is 0 Å². The smallest absolute Gasteiger partial charge is 0.196 e. The van der Waals surface area contributed by atoms with E-state index in [0.717, 1.165) is 46.8 Å². The van der Waals surface area contributed by atoms with E-state index < -0.39 is 0 Å². The highest BCUT2D eigenvalue weighted by molar-refractivity contribution is 14.0. The van der Waals surface area contributed by atoms with Crippen LogP contribution in [0, 0.1) is 0 Å². The van der Waals surface area contributed by atoms with Crippen LogP contribution in [0.5, 0.6) is 11.5 Å². The maximum atomic E-state index is 5.76. The first kappa shape index (κ1) is 22.7. The van der Waals surface area contributed by atoms with Gasteiger partial charge in [0.25, 0.3) is 0 Å². The van der Waals surface area contributed by atoms with Gasteiger partial charge < -0.3 is 20.1 Å². The predicted molar refractivity (Wildman–Crippen MR) is 127 cm³/mol. The lowest BCUT2D eigenvalue weighted by Crippen LogP contribution is -2.30. The summed E-state index contributed by atoms with van der Waals surface area (Å²) in [6.07, 6.45) is 0.895. The van der Waals surface area contributed by atoms with E-state index in [4.69, 9.17) is 14.5 Å². The number of ether oxygens (including phenoxy) is 2. The number of hydrogen-bond donors (Lipinski definition) is 2. The third kappa shape index (κ3) is 6.23. The van der Waals surface area contributed by atoms with Crippen LogP contribution in [-0.2, 0) is 12.0 Å². The molecule has 2 N–H and O–H groups in total. The van der Waals surface area contributed by atoms with Crippen LogP contribution >= 0.6 is 35.3 Å². The van der Waals surface area contributed by atoms with Gasteiger partial charge in [0.2, 0.25) is 0 Å². The lowest BCUT2D eigenvalue weighted by Gasteiger charge is -2.14. The van der Waals surface area contributed by atoms with E-state index in [1.807, 2.05) is 25.1 Å². The van der Waals surface area contributed by atoms with Gasteiger partial charge in [-0.1, -0.05) is 20.8 Å². The van der Waals surface area contributed by atoms with Crippen molar-refractivity contribution < 1.29 is 9.47 Å². The van der Waals surface area contributed by atoms with Crippen molar-refractivity contribution in [2.24, 2.45) is 4.99 Å². The van der Waals surface area contributed by atoms with E-state index in [1.165, 1.54) is 0 Å². The average molecular weight is 516 g/mol. The molecular weight excluding hydrogens is 487 g/mol. The van der Waals surface area contributed by atoms with Gasteiger partial charge in [-0.15, -0.1) is 35.3 Å². The topological polar surface area (TPSA) is 67.8 Å². The molecule has 0 spiro atoms. The Kier molecular flexibility index (Phi) is 8.36. The largest absolute Gasteiger partial charge is 0.490 e. The summed E-state index contributed by atoms with van der Waals surface area (Å²) in [7, 11) is 0. The fraction of sp³-hybridized carbons (Fsp3) is 0.500. The van der Waals surface area contributed by atoms with Crippen molar-refractivity contribution in [2.75, 3.05) is 25.1 Å². The quantitative estimate of drug-likeness (QED) is 0.347. The van der Waals surface area contributed by atoms with E-state index in [-0.39, 0.29) is 29.4 Å². The Morgan fingerprint density at radius 2 is 1.96 bits per heavy atom. The Morgan fingerprint density at radius 3 is 2.64 bits per heavy atom. The average Bonchev–Trinajstić information content (AvgIpc) is 2.99. The summed E-state index contributed by atoms with van der Waals surface area (Å²) < 4.78 is 11.4. The van der Waals surface area contributed by atoms with Gasteiger partial charge in [-0.25, -0.2) is 9.98 Å². The molecule has 0 fully saturated rings. The number of nitrogens with zero attached hydrogens (tertiary/aromatic N) is 2. The summed E-state index contributed by atoms with van der Waals surface area (Å²) in [6, 6.07) is 5.86. The van der Waals surface area contributed by atoms with Gasteiger partial charge >= 0.3 is 0 Å². The summed E-state index contributed by atoms with van der Waals surface area (Å²) in [5.74, 6) is 2.28. The van der Waals surface area contributed by atoms with Crippen LogP contribution in [0.2, 0.25) is 0 Å². The molecule has 0 amide bonds. The minimum Gasteiger partial charge on any atom is -0.490 e. The predicted octanol–water partition coefficient (Wildman–Crippen LogP) is 4.80. The van der Waals surface area contributed by atoms with Crippen LogP contribution in [0.1, 0.15) is 44.8 Å². The first-order chi connectivity index (χ1) is 13.0. The van der Waals surface area contributed by atoms with Gasteiger partial charge in [0.05, 0.1) is 30.5 Å². The van der Waals surface area contributed by atoms with Crippen molar-refractivity contribution in [1.82, 2.24) is 10.3 Å². The number of guanidine groups is 1. The molecule has 28 heavy (non-hydrogen) atoms. The highest BCUT2D eigenvalue weighted by atomic mass is 127. The zero-order chi connectivity index (χ0) is 19.3. The Balaban J connectivity index is 0.00000280. The second kappa shape index (κ2) is 10.3. The number of thiazole rings is 1. The fourth-order valence-corrected chi connectivity index (χ4v) is 3.47. The molecule has 2 aromatic rings. The number of anilines is 1. The normalized spacial score (nSPS) is 14.1. The zero-order valence-electron chi connectivity index (χ0n) is 16.9. The number of benzene rings is 1. The first-order valence-electron chi connectivity index (χ1n) is 9.35. The lowest BCUT2D eigenvalue weighted by atomic mass is 9.98. The molecule has 1 aromatic heterocycles. The molecule has 0 unspecified atom stereocenters. The molecule has 6 nitrogen and oxygen atoms in total. The van der Waals surface area contributed by atoms with E-state index in [0.29, 0.717) is 19.8 Å². The van der Waals surface area contributed by atoms with E-state index in [9.17, 15) is 0 Å².